The molecule has 0 radical (unpaired) electrons. The number of rotatable bonds is 3. The van der Waals surface area contributed by atoms with Crippen molar-refractivity contribution in [2.45, 2.75) is 39.5 Å². The summed E-state index contributed by atoms with van der Waals surface area (Å²) in [6.07, 6.45) is 0.0929. The van der Waals surface area contributed by atoms with Gasteiger partial charge >= 0.3 is 0 Å². The fourth-order valence-corrected chi connectivity index (χ4v) is 2.94. The Hall–Kier alpha value is -1.39. The minimum Gasteiger partial charge on any atom is -0.374 e. The largest absolute Gasteiger partial charge is 0.374 e. The molecule has 0 spiro atoms. The van der Waals surface area contributed by atoms with Gasteiger partial charge in [-0.05, 0) is 37.5 Å². The summed E-state index contributed by atoms with van der Waals surface area (Å²) in [7, 11) is 1.82. The van der Waals surface area contributed by atoms with Crippen LogP contribution in [0.2, 0.25) is 0 Å². The van der Waals surface area contributed by atoms with Crippen molar-refractivity contribution in [1.29, 1.82) is 0 Å². The molecule has 1 aliphatic rings. The zero-order valence-electron chi connectivity index (χ0n) is 12.7. The Morgan fingerprint density at radius 1 is 1.30 bits per heavy atom. The van der Waals surface area contributed by atoms with E-state index >= 15 is 0 Å². The van der Waals surface area contributed by atoms with Crippen LogP contribution in [0.4, 0.5) is 5.69 Å². The first-order valence-corrected chi connectivity index (χ1v) is 7.17. The molecule has 0 aromatic heterocycles. The Labute approximate surface area is 120 Å². The van der Waals surface area contributed by atoms with Gasteiger partial charge < -0.3 is 15.4 Å². The summed E-state index contributed by atoms with van der Waals surface area (Å²) in [6, 6.07) is 7.80. The van der Waals surface area contributed by atoms with Crippen molar-refractivity contribution in [2.75, 3.05) is 11.9 Å². The number of amides is 1. The molecule has 0 aliphatic carbocycles. The second-order valence-corrected chi connectivity index (χ2v) is 5.70. The van der Waals surface area contributed by atoms with Gasteiger partial charge in [-0.15, -0.1) is 0 Å². The Balaban J connectivity index is 2.20. The molecule has 4 atom stereocenters. The summed E-state index contributed by atoms with van der Waals surface area (Å²) in [5.41, 5.74) is 7.57. The minimum atomic E-state index is -0.0865. The van der Waals surface area contributed by atoms with Gasteiger partial charge in [0.15, 0.2) is 0 Å². The summed E-state index contributed by atoms with van der Waals surface area (Å²) >= 11 is 0. The average molecular weight is 276 g/mol. The van der Waals surface area contributed by atoms with Crippen LogP contribution < -0.4 is 10.6 Å². The van der Waals surface area contributed by atoms with E-state index in [1.165, 1.54) is 0 Å². The van der Waals surface area contributed by atoms with Crippen molar-refractivity contribution < 1.29 is 9.53 Å². The molecule has 4 nitrogen and oxygen atoms in total. The highest BCUT2D eigenvalue weighted by Crippen LogP contribution is 2.34. The first-order chi connectivity index (χ1) is 9.45. The van der Waals surface area contributed by atoms with E-state index in [9.17, 15) is 4.79 Å². The number of carbonyl (C=O) groups is 1. The van der Waals surface area contributed by atoms with Crippen molar-refractivity contribution >= 4 is 11.6 Å². The summed E-state index contributed by atoms with van der Waals surface area (Å²) < 4.78 is 5.77. The topological polar surface area (TPSA) is 55.6 Å². The summed E-state index contributed by atoms with van der Waals surface area (Å²) in [5, 5.41) is 0. The van der Waals surface area contributed by atoms with Crippen molar-refractivity contribution in [1.82, 2.24) is 0 Å². The van der Waals surface area contributed by atoms with Crippen LogP contribution in [0, 0.1) is 11.8 Å². The molecule has 1 heterocycles. The van der Waals surface area contributed by atoms with E-state index in [4.69, 9.17) is 10.5 Å². The number of hydrogen-bond acceptors (Lipinski definition) is 3. The van der Waals surface area contributed by atoms with Gasteiger partial charge in [0.05, 0.1) is 18.1 Å². The molecule has 2 N–H and O–H groups in total. The van der Waals surface area contributed by atoms with Gasteiger partial charge in [0.1, 0.15) is 0 Å². The average Bonchev–Trinajstić information content (AvgIpc) is 2.70. The maximum Gasteiger partial charge on any atom is 0.232 e. The molecule has 4 heteroatoms. The lowest BCUT2D eigenvalue weighted by Gasteiger charge is -2.25. The van der Waals surface area contributed by atoms with Gasteiger partial charge in [-0.1, -0.05) is 19.1 Å². The lowest BCUT2D eigenvalue weighted by atomic mass is 9.88. The maximum atomic E-state index is 12.7. The fourth-order valence-electron chi connectivity index (χ4n) is 2.94. The summed E-state index contributed by atoms with van der Waals surface area (Å²) in [4.78, 5) is 14.4. The smallest absolute Gasteiger partial charge is 0.232 e. The number of anilines is 1. The third-order valence-corrected chi connectivity index (χ3v) is 4.39. The first-order valence-electron chi connectivity index (χ1n) is 7.17. The molecule has 1 aromatic carbocycles. The van der Waals surface area contributed by atoms with Crippen LogP contribution in [-0.2, 0) is 16.1 Å². The predicted molar refractivity (Wildman–Crippen MR) is 80.4 cm³/mol. The number of ether oxygens (including phenoxy) is 1. The highest BCUT2D eigenvalue weighted by atomic mass is 16.5. The molecule has 1 amide bonds. The lowest BCUT2D eigenvalue weighted by Crippen LogP contribution is -2.38. The van der Waals surface area contributed by atoms with Gasteiger partial charge in [-0.2, -0.15) is 0 Å². The third kappa shape index (κ3) is 2.72. The van der Waals surface area contributed by atoms with Crippen molar-refractivity contribution in [3.63, 3.8) is 0 Å². The molecular formula is C16H24N2O2. The molecular weight excluding hydrogens is 252 g/mol. The SMILES string of the molecule is CC1OC(C)C(C(=O)N(C)c2cccc(CN)c2)C1C. The number of benzene rings is 1. The van der Waals surface area contributed by atoms with Crippen LogP contribution >= 0.6 is 0 Å². The Bertz CT molecular complexity index is 489. The molecule has 110 valence electrons. The normalized spacial score (nSPS) is 29.4. The third-order valence-electron chi connectivity index (χ3n) is 4.39. The maximum absolute atomic E-state index is 12.7. The molecule has 1 fully saturated rings. The lowest BCUT2D eigenvalue weighted by molar-refractivity contribution is -0.124. The number of hydrogen-bond donors (Lipinski definition) is 1. The van der Waals surface area contributed by atoms with Crippen molar-refractivity contribution in [3.8, 4) is 0 Å². The van der Waals surface area contributed by atoms with E-state index in [1.54, 1.807) is 4.90 Å². The minimum absolute atomic E-state index is 0.0346. The zero-order valence-corrected chi connectivity index (χ0v) is 12.7. The van der Waals surface area contributed by atoms with Gasteiger partial charge in [0, 0.05) is 19.3 Å². The molecule has 2 rings (SSSR count). The second-order valence-electron chi connectivity index (χ2n) is 5.70. The molecule has 1 saturated heterocycles. The first kappa shape index (κ1) is 15.0. The summed E-state index contributed by atoms with van der Waals surface area (Å²) in [5.74, 6) is 0.262. The van der Waals surface area contributed by atoms with Gasteiger partial charge in [0.25, 0.3) is 0 Å². The number of carbonyl (C=O) groups excluding carboxylic acids is 1. The van der Waals surface area contributed by atoms with E-state index < -0.39 is 0 Å². The fraction of sp³-hybridized carbons (Fsp3) is 0.562. The standard InChI is InChI=1S/C16H24N2O2/c1-10-11(2)20-12(3)15(10)16(19)18(4)14-7-5-6-13(8-14)9-17/h5-8,10-12,15H,9,17H2,1-4H3. The van der Waals surface area contributed by atoms with Gasteiger partial charge in [-0.25, -0.2) is 0 Å². The zero-order chi connectivity index (χ0) is 14.9. The van der Waals surface area contributed by atoms with E-state index in [1.807, 2.05) is 45.2 Å². The van der Waals surface area contributed by atoms with Crippen LogP contribution in [0.1, 0.15) is 26.3 Å². The highest BCUT2D eigenvalue weighted by molar-refractivity contribution is 5.95. The Morgan fingerprint density at radius 2 is 2.00 bits per heavy atom. The molecule has 0 saturated carbocycles. The molecule has 1 aliphatic heterocycles. The molecule has 4 unspecified atom stereocenters. The number of nitrogens with zero attached hydrogens (tertiary/aromatic N) is 1. The monoisotopic (exact) mass is 276 g/mol. The predicted octanol–water partition coefficient (Wildman–Crippen LogP) is 2.17. The van der Waals surface area contributed by atoms with Gasteiger partial charge in [-0.3, -0.25) is 4.79 Å². The van der Waals surface area contributed by atoms with E-state index in [2.05, 4.69) is 6.92 Å². The quantitative estimate of drug-likeness (QED) is 0.920. The van der Waals surface area contributed by atoms with E-state index in [-0.39, 0.29) is 30.0 Å². The highest BCUT2D eigenvalue weighted by Gasteiger charge is 2.42. The molecule has 0 bridgehead atoms. The van der Waals surface area contributed by atoms with E-state index in [0.29, 0.717) is 6.54 Å². The molecule has 20 heavy (non-hydrogen) atoms. The summed E-state index contributed by atoms with van der Waals surface area (Å²) in [6.45, 7) is 6.57. The van der Waals surface area contributed by atoms with Crippen LogP contribution in [0.25, 0.3) is 0 Å². The number of nitrogens with two attached hydrogens (primary N) is 1. The van der Waals surface area contributed by atoms with Crippen LogP contribution in [-0.4, -0.2) is 25.2 Å². The van der Waals surface area contributed by atoms with E-state index in [0.717, 1.165) is 11.3 Å². The Morgan fingerprint density at radius 3 is 2.55 bits per heavy atom. The van der Waals surface area contributed by atoms with Crippen LogP contribution in [0.15, 0.2) is 24.3 Å². The Kier molecular flexibility index (Phi) is 4.45. The van der Waals surface area contributed by atoms with Crippen molar-refractivity contribution in [2.24, 2.45) is 17.6 Å². The van der Waals surface area contributed by atoms with Crippen LogP contribution in [0.5, 0.6) is 0 Å². The van der Waals surface area contributed by atoms with Crippen LogP contribution in [0.3, 0.4) is 0 Å². The molecule has 1 aromatic rings. The second kappa shape index (κ2) is 5.94. The van der Waals surface area contributed by atoms with Gasteiger partial charge in [0.2, 0.25) is 5.91 Å². The van der Waals surface area contributed by atoms with Crippen molar-refractivity contribution in [3.05, 3.63) is 29.8 Å².